The van der Waals surface area contributed by atoms with Crippen LogP contribution in [-0.4, -0.2) is 31.0 Å². The summed E-state index contributed by atoms with van der Waals surface area (Å²) in [6, 6.07) is 12.7. The molecule has 0 bridgehead atoms. The van der Waals surface area contributed by atoms with Gasteiger partial charge in [0.25, 0.3) is 11.7 Å². The molecule has 1 aliphatic carbocycles. The molecule has 2 aromatic carbocycles. The highest BCUT2D eigenvalue weighted by atomic mass is 16.7. The van der Waals surface area contributed by atoms with Gasteiger partial charge in [-0.15, -0.1) is 0 Å². The van der Waals surface area contributed by atoms with E-state index in [0.29, 0.717) is 23.6 Å². The SMILES string of the molecule is O=C(Nc1ccc2c(c1)OC1(CCCC1)O2)c1ccc(OC[C@H]2CCCO2)cc1. The fourth-order valence-corrected chi connectivity index (χ4v) is 4.16. The Morgan fingerprint density at radius 2 is 1.83 bits per heavy atom. The van der Waals surface area contributed by atoms with Gasteiger partial charge in [0.1, 0.15) is 12.4 Å². The van der Waals surface area contributed by atoms with E-state index < -0.39 is 5.79 Å². The highest BCUT2D eigenvalue weighted by Gasteiger charge is 2.44. The quantitative estimate of drug-likeness (QED) is 0.805. The second-order valence-electron chi connectivity index (χ2n) is 7.91. The van der Waals surface area contributed by atoms with Gasteiger partial charge in [0.05, 0.1) is 6.10 Å². The normalized spacial score (nSPS) is 21.4. The summed E-state index contributed by atoms with van der Waals surface area (Å²) in [5.74, 6) is 1.51. The van der Waals surface area contributed by atoms with Crippen LogP contribution < -0.4 is 19.5 Å². The number of hydrogen-bond donors (Lipinski definition) is 1. The van der Waals surface area contributed by atoms with Crippen molar-refractivity contribution in [3.63, 3.8) is 0 Å². The smallest absolute Gasteiger partial charge is 0.255 e. The Labute approximate surface area is 170 Å². The number of rotatable bonds is 5. The molecule has 29 heavy (non-hydrogen) atoms. The highest BCUT2D eigenvalue weighted by Crippen LogP contribution is 2.47. The maximum absolute atomic E-state index is 12.6. The Hall–Kier alpha value is -2.73. The number of nitrogens with one attached hydrogen (secondary N) is 1. The zero-order valence-electron chi connectivity index (χ0n) is 16.3. The maximum Gasteiger partial charge on any atom is 0.255 e. The second-order valence-corrected chi connectivity index (χ2v) is 7.91. The molecule has 2 fully saturated rings. The molecule has 2 aliphatic heterocycles. The molecule has 5 rings (SSSR count). The lowest BCUT2D eigenvalue weighted by Gasteiger charge is -2.21. The largest absolute Gasteiger partial charge is 0.491 e. The zero-order chi connectivity index (χ0) is 19.7. The first-order valence-corrected chi connectivity index (χ1v) is 10.4. The molecule has 2 aromatic rings. The topological polar surface area (TPSA) is 66.0 Å². The third-order valence-electron chi connectivity index (χ3n) is 5.74. The average molecular weight is 395 g/mol. The minimum atomic E-state index is -0.496. The molecule has 6 nitrogen and oxygen atoms in total. The van der Waals surface area contributed by atoms with E-state index in [2.05, 4.69) is 5.32 Å². The first-order chi connectivity index (χ1) is 14.2. The van der Waals surface area contributed by atoms with Gasteiger partial charge in [-0.2, -0.15) is 0 Å². The van der Waals surface area contributed by atoms with E-state index in [1.54, 1.807) is 12.1 Å². The minimum absolute atomic E-state index is 0.173. The average Bonchev–Trinajstić information content (AvgIpc) is 3.48. The van der Waals surface area contributed by atoms with Crippen LogP contribution in [0.4, 0.5) is 5.69 Å². The summed E-state index contributed by atoms with van der Waals surface area (Å²) < 4.78 is 23.4. The summed E-state index contributed by atoms with van der Waals surface area (Å²) in [5.41, 5.74) is 1.26. The molecule has 1 amide bonds. The van der Waals surface area contributed by atoms with E-state index in [1.165, 1.54) is 0 Å². The van der Waals surface area contributed by atoms with E-state index in [0.717, 1.165) is 56.6 Å². The Balaban J connectivity index is 1.20. The molecule has 1 spiro atoms. The fraction of sp³-hybridized carbons (Fsp3) is 0.435. The van der Waals surface area contributed by atoms with Crippen LogP contribution in [0.25, 0.3) is 0 Å². The minimum Gasteiger partial charge on any atom is -0.491 e. The van der Waals surface area contributed by atoms with Gasteiger partial charge in [-0.05, 0) is 62.1 Å². The lowest BCUT2D eigenvalue weighted by molar-refractivity contribution is -0.0716. The van der Waals surface area contributed by atoms with Crippen LogP contribution in [0, 0.1) is 0 Å². The van der Waals surface area contributed by atoms with Crippen molar-refractivity contribution in [2.45, 2.75) is 50.4 Å². The van der Waals surface area contributed by atoms with Crippen molar-refractivity contribution in [3.8, 4) is 17.2 Å². The molecular weight excluding hydrogens is 370 g/mol. The summed E-state index contributed by atoms with van der Waals surface area (Å²) in [4.78, 5) is 12.6. The second kappa shape index (κ2) is 7.59. The molecular formula is C23H25NO5. The third-order valence-corrected chi connectivity index (χ3v) is 5.74. The molecule has 0 aromatic heterocycles. The summed E-state index contributed by atoms with van der Waals surface area (Å²) in [5, 5.41) is 2.93. The summed E-state index contributed by atoms with van der Waals surface area (Å²) >= 11 is 0. The number of ether oxygens (including phenoxy) is 4. The number of carbonyl (C=O) groups excluding carboxylic acids is 1. The number of benzene rings is 2. The van der Waals surface area contributed by atoms with Crippen LogP contribution in [-0.2, 0) is 4.74 Å². The Bertz CT molecular complexity index is 883. The standard InChI is InChI=1S/C23H25NO5/c25-22(16-5-8-18(9-6-16)27-15-19-4-3-13-26-19)24-17-7-10-20-21(14-17)29-23(28-20)11-1-2-12-23/h5-10,14,19H,1-4,11-13,15H2,(H,24,25)/t19-/m1/s1. The first-order valence-electron chi connectivity index (χ1n) is 10.4. The Morgan fingerprint density at radius 3 is 2.59 bits per heavy atom. The molecule has 1 saturated heterocycles. The van der Waals surface area contributed by atoms with Crippen LogP contribution in [0.3, 0.4) is 0 Å². The third kappa shape index (κ3) is 3.90. The molecule has 1 saturated carbocycles. The number of carbonyl (C=O) groups is 1. The van der Waals surface area contributed by atoms with Crippen LogP contribution in [0.5, 0.6) is 17.2 Å². The zero-order valence-corrected chi connectivity index (χ0v) is 16.3. The molecule has 0 unspecified atom stereocenters. The lowest BCUT2D eigenvalue weighted by Crippen LogP contribution is -2.34. The van der Waals surface area contributed by atoms with E-state index in [9.17, 15) is 4.79 Å². The summed E-state index contributed by atoms with van der Waals surface area (Å²) in [6.45, 7) is 1.36. The number of amides is 1. The van der Waals surface area contributed by atoms with Crippen LogP contribution in [0.15, 0.2) is 42.5 Å². The van der Waals surface area contributed by atoms with Crippen molar-refractivity contribution in [1.82, 2.24) is 0 Å². The first kappa shape index (κ1) is 18.3. The fourth-order valence-electron chi connectivity index (χ4n) is 4.16. The van der Waals surface area contributed by atoms with Crippen molar-refractivity contribution >= 4 is 11.6 Å². The van der Waals surface area contributed by atoms with Crippen molar-refractivity contribution in [3.05, 3.63) is 48.0 Å². The number of anilines is 1. The summed E-state index contributed by atoms with van der Waals surface area (Å²) in [6.07, 6.45) is 6.35. The monoisotopic (exact) mass is 395 g/mol. The Kier molecular flexibility index (Phi) is 4.79. The molecule has 0 radical (unpaired) electrons. The van der Waals surface area contributed by atoms with Crippen LogP contribution in [0.1, 0.15) is 48.9 Å². The van der Waals surface area contributed by atoms with Crippen molar-refractivity contribution in [2.24, 2.45) is 0 Å². The number of hydrogen-bond acceptors (Lipinski definition) is 5. The summed E-state index contributed by atoms with van der Waals surface area (Å²) in [7, 11) is 0. The van der Waals surface area contributed by atoms with Crippen molar-refractivity contribution < 1.29 is 23.7 Å². The molecule has 1 N–H and O–H groups in total. The molecule has 1 atom stereocenters. The van der Waals surface area contributed by atoms with Crippen LogP contribution >= 0.6 is 0 Å². The van der Waals surface area contributed by atoms with Gasteiger partial charge in [0.15, 0.2) is 11.5 Å². The van der Waals surface area contributed by atoms with Crippen molar-refractivity contribution in [1.29, 1.82) is 0 Å². The Morgan fingerprint density at radius 1 is 1.03 bits per heavy atom. The van der Waals surface area contributed by atoms with Gasteiger partial charge < -0.3 is 24.3 Å². The van der Waals surface area contributed by atoms with Gasteiger partial charge in [-0.1, -0.05) is 0 Å². The van der Waals surface area contributed by atoms with Crippen molar-refractivity contribution in [2.75, 3.05) is 18.5 Å². The van der Waals surface area contributed by atoms with Gasteiger partial charge in [0.2, 0.25) is 0 Å². The predicted octanol–water partition coefficient (Wildman–Crippen LogP) is 4.54. The number of fused-ring (bicyclic) bond motifs is 1. The molecule has 152 valence electrons. The van der Waals surface area contributed by atoms with E-state index in [1.807, 2.05) is 30.3 Å². The van der Waals surface area contributed by atoms with Gasteiger partial charge in [0, 0.05) is 36.8 Å². The molecule has 6 heteroatoms. The van der Waals surface area contributed by atoms with Gasteiger partial charge >= 0.3 is 0 Å². The lowest BCUT2D eigenvalue weighted by atomic mass is 10.2. The van der Waals surface area contributed by atoms with E-state index >= 15 is 0 Å². The predicted molar refractivity (Wildman–Crippen MR) is 108 cm³/mol. The molecule has 2 heterocycles. The van der Waals surface area contributed by atoms with Crippen LogP contribution in [0.2, 0.25) is 0 Å². The van der Waals surface area contributed by atoms with Gasteiger partial charge in [-0.25, -0.2) is 0 Å². The highest BCUT2D eigenvalue weighted by molar-refractivity contribution is 6.04. The maximum atomic E-state index is 12.6. The molecule has 3 aliphatic rings. The van der Waals surface area contributed by atoms with E-state index in [-0.39, 0.29) is 12.0 Å². The van der Waals surface area contributed by atoms with E-state index in [4.69, 9.17) is 18.9 Å². The van der Waals surface area contributed by atoms with Gasteiger partial charge in [-0.3, -0.25) is 4.79 Å².